The minimum absolute atomic E-state index is 0. The van der Waals surface area contributed by atoms with Crippen LogP contribution in [0.2, 0.25) is 0 Å². The molecule has 2 heterocycles. The molecule has 210 valence electrons. The van der Waals surface area contributed by atoms with Gasteiger partial charge in [0.05, 0.1) is 13.1 Å². The van der Waals surface area contributed by atoms with Crippen LogP contribution in [-0.4, -0.2) is 39.2 Å². The smallest absolute Gasteiger partial charge is 0.277 e. The number of unbranched alkanes of at least 4 members (excludes halogenated alkanes) is 11. The van der Waals surface area contributed by atoms with E-state index in [9.17, 15) is 5.11 Å². The largest absolute Gasteiger partial charge is 1.00 e. The second kappa shape index (κ2) is 15.2. The van der Waals surface area contributed by atoms with Crippen LogP contribution < -0.4 is 17.0 Å². The highest BCUT2D eigenvalue weighted by atomic mass is 79.9. The van der Waals surface area contributed by atoms with Crippen LogP contribution in [0.1, 0.15) is 116 Å². The van der Waals surface area contributed by atoms with Crippen LogP contribution in [-0.2, 0) is 6.54 Å². The number of benzene rings is 2. The Balaban J connectivity index is 0.00000400. The van der Waals surface area contributed by atoms with E-state index in [-0.39, 0.29) is 17.0 Å². The molecule has 38 heavy (non-hydrogen) atoms. The SMILES string of the molecule is CCCCCCCCCCCCCCC1(O)C(C)=C(C)C2=[N+](Cc3ccc4ccccc4c3)CCCN21.[Br-]. The molecule has 0 aliphatic carbocycles. The fourth-order valence-corrected chi connectivity index (χ4v) is 6.52. The molecule has 0 saturated carbocycles. The Labute approximate surface area is 242 Å². The lowest BCUT2D eigenvalue weighted by Crippen LogP contribution is -3.00. The third-order valence-electron chi connectivity index (χ3n) is 8.88. The van der Waals surface area contributed by atoms with Crippen LogP contribution in [0.5, 0.6) is 0 Å². The summed E-state index contributed by atoms with van der Waals surface area (Å²) in [5.41, 5.74) is 2.98. The summed E-state index contributed by atoms with van der Waals surface area (Å²) in [4.78, 5) is 2.33. The van der Waals surface area contributed by atoms with Gasteiger partial charge in [0.1, 0.15) is 6.54 Å². The Morgan fingerprint density at radius 2 is 1.42 bits per heavy atom. The van der Waals surface area contributed by atoms with Crippen molar-refractivity contribution in [2.24, 2.45) is 0 Å². The Morgan fingerprint density at radius 1 is 0.816 bits per heavy atom. The van der Waals surface area contributed by atoms with Crippen molar-refractivity contribution in [2.45, 2.75) is 123 Å². The summed E-state index contributed by atoms with van der Waals surface area (Å²) in [7, 11) is 0. The van der Waals surface area contributed by atoms with Crippen LogP contribution in [0, 0.1) is 0 Å². The van der Waals surface area contributed by atoms with Crippen LogP contribution in [0.3, 0.4) is 0 Å². The molecule has 2 aromatic carbocycles. The molecule has 2 aromatic rings. The van der Waals surface area contributed by atoms with Gasteiger partial charge in [0, 0.05) is 24.0 Å². The third kappa shape index (κ3) is 7.50. The second-order valence-corrected chi connectivity index (χ2v) is 11.6. The van der Waals surface area contributed by atoms with Crippen LogP contribution in [0.15, 0.2) is 53.6 Å². The Morgan fingerprint density at radius 3 is 2.08 bits per heavy atom. The zero-order chi connectivity index (χ0) is 26.1. The summed E-state index contributed by atoms with van der Waals surface area (Å²) < 4.78 is 2.51. The minimum Gasteiger partial charge on any atom is -1.00 e. The molecule has 3 nitrogen and oxygen atoms in total. The first-order valence-electron chi connectivity index (χ1n) is 15.3. The Hall–Kier alpha value is -1.65. The first kappa shape index (κ1) is 30.9. The molecule has 2 aliphatic rings. The zero-order valence-electron chi connectivity index (χ0n) is 24.3. The Kier molecular flexibility index (Phi) is 12.4. The molecule has 0 fully saturated rings. The van der Waals surface area contributed by atoms with E-state index in [1.807, 2.05) is 0 Å². The fourth-order valence-electron chi connectivity index (χ4n) is 6.52. The predicted octanol–water partition coefficient (Wildman–Crippen LogP) is 5.59. The van der Waals surface area contributed by atoms with Gasteiger partial charge in [0.25, 0.3) is 5.84 Å². The summed E-state index contributed by atoms with van der Waals surface area (Å²) >= 11 is 0. The summed E-state index contributed by atoms with van der Waals surface area (Å²) in [5, 5.41) is 14.5. The number of nitrogens with zero attached hydrogens (tertiary/aromatic N) is 2. The lowest BCUT2D eigenvalue weighted by atomic mass is 9.96. The van der Waals surface area contributed by atoms with Gasteiger partial charge < -0.3 is 22.1 Å². The molecular weight excluding hydrogens is 532 g/mol. The number of amidine groups is 1. The minimum atomic E-state index is -0.806. The van der Waals surface area contributed by atoms with E-state index in [1.54, 1.807) is 0 Å². The average Bonchev–Trinajstić information content (AvgIpc) is 3.11. The molecule has 1 unspecified atom stereocenters. The lowest BCUT2D eigenvalue weighted by Gasteiger charge is -2.34. The van der Waals surface area contributed by atoms with E-state index >= 15 is 0 Å². The first-order valence-corrected chi connectivity index (χ1v) is 15.3. The molecular formula is C34H51BrN2O. The van der Waals surface area contributed by atoms with E-state index in [0.29, 0.717) is 0 Å². The van der Waals surface area contributed by atoms with Crippen molar-refractivity contribution in [3.05, 3.63) is 59.2 Å². The van der Waals surface area contributed by atoms with Gasteiger partial charge in [0.15, 0.2) is 0 Å². The van der Waals surface area contributed by atoms with Gasteiger partial charge in [-0.3, -0.25) is 4.58 Å². The van der Waals surface area contributed by atoms with E-state index in [0.717, 1.165) is 44.5 Å². The topological polar surface area (TPSA) is 26.5 Å². The number of fused-ring (bicyclic) bond motifs is 2. The van der Waals surface area contributed by atoms with Gasteiger partial charge in [-0.05, 0) is 42.7 Å². The van der Waals surface area contributed by atoms with Crippen LogP contribution >= 0.6 is 0 Å². The van der Waals surface area contributed by atoms with E-state index in [4.69, 9.17) is 0 Å². The molecule has 0 bridgehead atoms. The van der Waals surface area contributed by atoms with Crippen molar-refractivity contribution in [3.8, 4) is 0 Å². The predicted molar refractivity (Wildman–Crippen MR) is 158 cm³/mol. The number of halogens is 1. The monoisotopic (exact) mass is 582 g/mol. The van der Waals surface area contributed by atoms with Gasteiger partial charge >= 0.3 is 0 Å². The normalized spacial score (nSPS) is 19.3. The van der Waals surface area contributed by atoms with Crippen molar-refractivity contribution >= 4 is 16.6 Å². The van der Waals surface area contributed by atoms with Gasteiger partial charge in [0.2, 0.25) is 5.72 Å². The van der Waals surface area contributed by atoms with E-state index < -0.39 is 5.72 Å². The fraction of sp³-hybridized carbons (Fsp3) is 0.618. The molecule has 2 aliphatic heterocycles. The van der Waals surface area contributed by atoms with Crippen molar-refractivity contribution < 1.29 is 26.7 Å². The maximum atomic E-state index is 11.9. The summed E-state index contributed by atoms with van der Waals surface area (Å²) in [6.07, 6.45) is 18.1. The standard InChI is InChI=1S/C34H51N2O.BrH/c1-4-5-6-7-8-9-10-11-12-13-14-17-23-34(37)29(3)28(2)33-35(24-18-25-36(33)34)27-30-21-22-31-19-15-16-20-32(31)26-30;/h15-16,19-22,26,37H,4-14,17-18,23-25,27H2,1-3H3;1H/q+1;/p-1. The highest BCUT2D eigenvalue weighted by Crippen LogP contribution is 2.39. The average molecular weight is 584 g/mol. The van der Waals surface area contributed by atoms with Crippen LogP contribution in [0.25, 0.3) is 10.8 Å². The van der Waals surface area contributed by atoms with E-state index in [2.05, 4.69) is 72.7 Å². The maximum absolute atomic E-state index is 11.9. The van der Waals surface area contributed by atoms with Crippen LogP contribution in [0.4, 0.5) is 0 Å². The van der Waals surface area contributed by atoms with Crippen molar-refractivity contribution in [1.29, 1.82) is 0 Å². The summed E-state index contributed by atoms with van der Waals surface area (Å²) in [6, 6.07) is 15.4. The van der Waals surface area contributed by atoms with Gasteiger partial charge in [-0.15, -0.1) is 0 Å². The molecule has 0 spiro atoms. The first-order chi connectivity index (χ1) is 18.0. The van der Waals surface area contributed by atoms with Crippen molar-refractivity contribution in [3.63, 3.8) is 0 Å². The molecule has 0 saturated heterocycles. The molecule has 4 rings (SSSR count). The highest BCUT2D eigenvalue weighted by Gasteiger charge is 2.53. The molecule has 0 aromatic heterocycles. The summed E-state index contributed by atoms with van der Waals surface area (Å²) in [5.74, 6) is 1.26. The number of hydrogen-bond acceptors (Lipinski definition) is 2. The van der Waals surface area contributed by atoms with Gasteiger partial charge in [-0.25, -0.2) is 4.90 Å². The van der Waals surface area contributed by atoms with Crippen molar-refractivity contribution in [1.82, 2.24) is 4.90 Å². The third-order valence-corrected chi connectivity index (χ3v) is 8.88. The molecule has 1 atom stereocenters. The molecule has 4 heteroatoms. The summed E-state index contributed by atoms with van der Waals surface area (Å²) in [6.45, 7) is 9.57. The number of rotatable bonds is 15. The second-order valence-electron chi connectivity index (χ2n) is 11.6. The zero-order valence-corrected chi connectivity index (χ0v) is 25.9. The molecule has 1 N–H and O–H groups in total. The highest BCUT2D eigenvalue weighted by molar-refractivity contribution is 5.98. The molecule has 0 amide bonds. The number of hydrogen-bond donors (Lipinski definition) is 1. The molecule has 0 radical (unpaired) electrons. The quantitative estimate of drug-likeness (QED) is 0.219. The lowest BCUT2D eigenvalue weighted by molar-refractivity contribution is -0.554. The van der Waals surface area contributed by atoms with Gasteiger partial charge in [-0.1, -0.05) is 114 Å². The van der Waals surface area contributed by atoms with Crippen molar-refractivity contribution in [2.75, 3.05) is 13.1 Å². The van der Waals surface area contributed by atoms with E-state index in [1.165, 1.54) is 98.4 Å². The maximum Gasteiger partial charge on any atom is 0.277 e. The number of aliphatic hydroxyl groups is 1. The van der Waals surface area contributed by atoms with Gasteiger partial charge in [-0.2, -0.15) is 0 Å². The Bertz CT molecular complexity index is 1090.